The summed E-state index contributed by atoms with van der Waals surface area (Å²) in [7, 11) is 1.54. The highest BCUT2D eigenvalue weighted by Gasteiger charge is 2.11. The Hall–Kier alpha value is -3.26. The Morgan fingerprint density at radius 3 is 2.34 bits per heavy atom. The number of carbonyl (C=O) groups excluding carboxylic acids is 3. The molecule has 0 spiro atoms. The molecule has 0 aliphatic rings. The van der Waals surface area contributed by atoms with Crippen molar-refractivity contribution in [2.45, 2.75) is 0 Å². The molecule has 0 fully saturated rings. The maximum absolute atomic E-state index is 11.9. The van der Waals surface area contributed by atoms with E-state index in [1.165, 1.54) is 19.2 Å². The summed E-state index contributed by atoms with van der Waals surface area (Å²) in [4.78, 5) is 35.2. The molecule has 0 aromatic heterocycles. The lowest BCUT2D eigenvalue weighted by atomic mass is 10.2. The number of carbonyl (C=O) groups is 3. The smallest absolute Gasteiger partial charge is 0.325 e. The second-order valence-electron chi connectivity index (χ2n) is 5.70. The van der Waals surface area contributed by atoms with Crippen molar-refractivity contribution >= 4 is 29.4 Å². The molecule has 2 aromatic carbocycles. The Balaban J connectivity index is 1.60. The van der Waals surface area contributed by atoms with Crippen LogP contribution in [-0.2, 0) is 14.3 Å². The molecular formula is C20H21ClN2O6. The number of hydrogen-bond acceptors (Lipinski definition) is 6. The van der Waals surface area contributed by atoms with Crippen LogP contribution in [-0.4, -0.2) is 51.2 Å². The van der Waals surface area contributed by atoms with Crippen LogP contribution >= 0.6 is 11.6 Å². The van der Waals surface area contributed by atoms with Gasteiger partial charge in [-0.1, -0.05) is 23.7 Å². The van der Waals surface area contributed by atoms with Crippen molar-refractivity contribution in [2.24, 2.45) is 0 Å². The molecule has 9 heteroatoms. The molecule has 2 aromatic rings. The highest BCUT2D eigenvalue weighted by atomic mass is 35.5. The van der Waals surface area contributed by atoms with Crippen molar-refractivity contribution in [3.05, 3.63) is 59.1 Å². The maximum atomic E-state index is 11.9. The number of ether oxygens (including phenoxy) is 3. The first kappa shape index (κ1) is 22.0. The fourth-order valence-corrected chi connectivity index (χ4v) is 2.32. The largest absolute Gasteiger partial charge is 0.493 e. The van der Waals surface area contributed by atoms with E-state index in [4.69, 9.17) is 25.8 Å². The van der Waals surface area contributed by atoms with Gasteiger partial charge in [0, 0.05) is 10.6 Å². The molecular weight excluding hydrogens is 400 g/mol. The number of methoxy groups -OCH3 is 1. The lowest BCUT2D eigenvalue weighted by molar-refractivity contribution is -0.147. The maximum Gasteiger partial charge on any atom is 0.325 e. The van der Waals surface area contributed by atoms with Crippen molar-refractivity contribution in [2.75, 3.05) is 33.4 Å². The van der Waals surface area contributed by atoms with Crippen molar-refractivity contribution in [1.82, 2.24) is 10.6 Å². The average molecular weight is 421 g/mol. The van der Waals surface area contributed by atoms with Gasteiger partial charge >= 0.3 is 5.97 Å². The SMILES string of the molecule is COc1ccccc1OCCNC(=O)COC(=O)CNC(=O)c1ccc(Cl)cc1. The zero-order chi connectivity index (χ0) is 21.1. The molecule has 0 heterocycles. The number of amides is 2. The van der Waals surface area contributed by atoms with E-state index in [2.05, 4.69) is 10.6 Å². The molecule has 0 bridgehead atoms. The van der Waals surface area contributed by atoms with Gasteiger partial charge in [-0.15, -0.1) is 0 Å². The molecule has 0 saturated carbocycles. The Morgan fingerprint density at radius 2 is 1.66 bits per heavy atom. The van der Waals surface area contributed by atoms with Gasteiger partial charge in [0.1, 0.15) is 13.2 Å². The first-order valence-electron chi connectivity index (χ1n) is 8.71. The average Bonchev–Trinajstić information content (AvgIpc) is 2.74. The van der Waals surface area contributed by atoms with Gasteiger partial charge in [0.2, 0.25) is 0 Å². The van der Waals surface area contributed by atoms with Gasteiger partial charge in [-0.25, -0.2) is 0 Å². The summed E-state index contributed by atoms with van der Waals surface area (Å²) < 4.78 is 15.5. The lowest BCUT2D eigenvalue weighted by Crippen LogP contribution is -2.35. The zero-order valence-electron chi connectivity index (χ0n) is 15.8. The van der Waals surface area contributed by atoms with Gasteiger partial charge in [-0.2, -0.15) is 0 Å². The van der Waals surface area contributed by atoms with E-state index in [0.717, 1.165) is 0 Å². The van der Waals surface area contributed by atoms with Crippen LogP contribution in [0.4, 0.5) is 0 Å². The number of esters is 1. The predicted molar refractivity (Wildman–Crippen MR) is 106 cm³/mol. The highest BCUT2D eigenvalue weighted by molar-refractivity contribution is 6.30. The van der Waals surface area contributed by atoms with Gasteiger partial charge in [0.05, 0.1) is 13.7 Å². The van der Waals surface area contributed by atoms with Crippen LogP contribution in [0.25, 0.3) is 0 Å². The molecule has 2 N–H and O–H groups in total. The number of benzene rings is 2. The van der Waals surface area contributed by atoms with E-state index < -0.39 is 24.4 Å². The van der Waals surface area contributed by atoms with E-state index in [9.17, 15) is 14.4 Å². The summed E-state index contributed by atoms with van der Waals surface area (Å²) in [6.07, 6.45) is 0. The molecule has 2 amide bonds. The number of nitrogens with one attached hydrogen (secondary N) is 2. The van der Waals surface area contributed by atoms with E-state index in [0.29, 0.717) is 22.1 Å². The third-order valence-corrected chi connectivity index (χ3v) is 3.87. The summed E-state index contributed by atoms with van der Waals surface area (Å²) >= 11 is 5.75. The van der Waals surface area contributed by atoms with Crippen molar-refractivity contribution in [3.63, 3.8) is 0 Å². The van der Waals surface area contributed by atoms with Gasteiger partial charge in [0.15, 0.2) is 18.1 Å². The Morgan fingerprint density at radius 1 is 0.966 bits per heavy atom. The summed E-state index contributed by atoms with van der Waals surface area (Å²) in [5.41, 5.74) is 0.356. The third kappa shape index (κ3) is 7.71. The first-order valence-corrected chi connectivity index (χ1v) is 9.09. The van der Waals surface area contributed by atoms with Crippen LogP contribution in [0.3, 0.4) is 0 Å². The summed E-state index contributed by atoms with van der Waals surface area (Å²) in [5.74, 6) is -0.504. The monoisotopic (exact) mass is 420 g/mol. The Bertz CT molecular complexity index is 841. The molecule has 0 aliphatic heterocycles. The van der Waals surface area contributed by atoms with Crippen LogP contribution in [0.5, 0.6) is 11.5 Å². The van der Waals surface area contributed by atoms with Crippen LogP contribution in [0.2, 0.25) is 5.02 Å². The lowest BCUT2D eigenvalue weighted by Gasteiger charge is -2.11. The van der Waals surface area contributed by atoms with Crippen molar-refractivity contribution in [3.8, 4) is 11.5 Å². The zero-order valence-corrected chi connectivity index (χ0v) is 16.5. The van der Waals surface area contributed by atoms with Crippen LogP contribution in [0, 0.1) is 0 Å². The first-order chi connectivity index (χ1) is 14.0. The fourth-order valence-electron chi connectivity index (χ4n) is 2.19. The predicted octanol–water partition coefficient (Wildman–Crippen LogP) is 1.82. The molecule has 8 nitrogen and oxygen atoms in total. The standard InChI is InChI=1S/C20H21ClN2O6/c1-27-16-4-2-3-5-17(16)28-11-10-22-18(24)13-29-19(25)12-23-20(26)14-6-8-15(21)9-7-14/h2-9H,10-13H2,1H3,(H,22,24)(H,23,26). The Kier molecular flexibility index (Phi) is 8.78. The molecule has 0 aliphatic carbocycles. The fraction of sp³-hybridized carbons (Fsp3) is 0.250. The van der Waals surface area contributed by atoms with Crippen LogP contribution in [0.15, 0.2) is 48.5 Å². The van der Waals surface area contributed by atoms with E-state index >= 15 is 0 Å². The number of para-hydroxylation sites is 2. The second-order valence-corrected chi connectivity index (χ2v) is 6.14. The van der Waals surface area contributed by atoms with Gasteiger partial charge in [-0.3, -0.25) is 14.4 Å². The minimum atomic E-state index is -0.729. The summed E-state index contributed by atoms with van der Waals surface area (Å²) in [6.45, 7) is -0.366. The minimum absolute atomic E-state index is 0.219. The quantitative estimate of drug-likeness (QED) is 0.449. The molecule has 0 radical (unpaired) electrons. The molecule has 0 atom stereocenters. The molecule has 154 valence electrons. The van der Waals surface area contributed by atoms with Gasteiger partial charge < -0.3 is 24.8 Å². The molecule has 0 saturated heterocycles. The van der Waals surface area contributed by atoms with Crippen LogP contribution < -0.4 is 20.1 Å². The van der Waals surface area contributed by atoms with Gasteiger partial charge in [-0.05, 0) is 36.4 Å². The molecule has 29 heavy (non-hydrogen) atoms. The normalized spacial score (nSPS) is 10.0. The Labute approximate surface area is 173 Å². The number of hydrogen-bond donors (Lipinski definition) is 2. The highest BCUT2D eigenvalue weighted by Crippen LogP contribution is 2.25. The number of rotatable bonds is 10. The molecule has 0 unspecified atom stereocenters. The van der Waals surface area contributed by atoms with E-state index in [1.54, 1.807) is 24.3 Å². The topological polar surface area (TPSA) is 103 Å². The molecule has 2 rings (SSSR count). The van der Waals surface area contributed by atoms with E-state index in [-0.39, 0.29) is 19.7 Å². The van der Waals surface area contributed by atoms with Crippen molar-refractivity contribution < 1.29 is 28.6 Å². The van der Waals surface area contributed by atoms with E-state index in [1.807, 2.05) is 12.1 Å². The second kappa shape index (κ2) is 11.6. The summed E-state index contributed by atoms with van der Waals surface area (Å²) in [6, 6.07) is 13.3. The number of halogens is 1. The third-order valence-electron chi connectivity index (χ3n) is 3.61. The minimum Gasteiger partial charge on any atom is -0.493 e. The van der Waals surface area contributed by atoms with Crippen molar-refractivity contribution in [1.29, 1.82) is 0 Å². The van der Waals surface area contributed by atoms with Crippen LogP contribution in [0.1, 0.15) is 10.4 Å². The summed E-state index contributed by atoms with van der Waals surface area (Å²) in [5, 5.41) is 5.46. The van der Waals surface area contributed by atoms with Gasteiger partial charge in [0.25, 0.3) is 11.8 Å².